The van der Waals surface area contributed by atoms with E-state index in [0.29, 0.717) is 31.8 Å². The van der Waals surface area contributed by atoms with Gasteiger partial charge in [0.2, 0.25) is 0 Å². The van der Waals surface area contributed by atoms with Gasteiger partial charge in [0.25, 0.3) is 0 Å². The Balaban J connectivity index is 1.71. The zero-order chi connectivity index (χ0) is 15.5. The third-order valence-electron chi connectivity index (χ3n) is 4.92. The lowest BCUT2D eigenvalue weighted by atomic mass is 9.96. The van der Waals surface area contributed by atoms with E-state index in [0.717, 1.165) is 23.5 Å². The summed E-state index contributed by atoms with van der Waals surface area (Å²) in [4.78, 5) is 2.43. The van der Waals surface area contributed by atoms with Crippen molar-refractivity contribution in [3.8, 4) is 11.5 Å². The molecule has 2 aliphatic heterocycles. The second-order valence-corrected chi connectivity index (χ2v) is 6.60. The Kier molecular flexibility index (Phi) is 4.89. The molecular weight excluding hydrogens is 278 g/mol. The number of benzene rings is 1. The lowest BCUT2D eigenvalue weighted by Crippen LogP contribution is -2.45. The molecule has 0 radical (unpaired) electrons. The van der Waals surface area contributed by atoms with Crippen LogP contribution in [0.2, 0.25) is 0 Å². The summed E-state index contributed by atoms with van der Waals surface area (Å²) >= 11 is 0. The molecule has 0 aliphatic carbocycles. The van der Waals surface area contributed by atoms with Crippen molar-refractivity contribution in [1.29, 1.82) is 0 Å². The maximum atomic E-state index is 10.6. The van der Waals surface area contributed by atoms with Gasteiger partial charge < -0.3 is 14.6 Å². The molecule has 122 valence electrons. The summed E-state index contributed by atoms with van der Waals surface area (Å²) in [6.07, 6.45) is 4.14. The van der Waals surface area contributed by atoms with Crippen LogP contribution < -0.4 is 9.47 Å². The summed E-state index contributed by atoms with van der Waals surface area (Å²) in [5.41, 5.74) is 0.911. The lowest BCUT2D eigenvalue weighted by Gasteiger charge is -2.40. The van der Waals surface area contributed by atoms with E-state index in [4.69, 9.17) is 9.47 Å². The molecule has 2 aliphatic rings. The van der Waals surface area contributed by atoms with Crippen LogP contribution >= 0.6 is 0 Å². The topological polar surface area (TPSA) is 41.9 Å². The molecule has 1 aromatic rings. The number of likely N-dealkylation sites (tertiary alicyclic amines) is 1. The van der Waals surface area contributed by atoms with Gasteiger partial charge in [0.15, 0.2) is 11.5 Å². The third-order valence-corrected chi connectivity index (χ3v) is 4.92. The first-order chi connectivity index (χ1) is 10.6. The first-order valence-corrected chi connectivity index (χ1v) is 8.48. The van der Waals surface area contributed by atoms with E-state index in [9.17, 15) is 5.11 Å². The van der Waals surface area contributed by atoms with Crippen LogP contribution in [0, 0.1) is 0 Å². The van der Waals surface area contributed by atoms with Crippen LogP contribution in [0.5, 0.6) is 11.5 Å². The average Bonchev–Trinajstić information content (AvgIpc) is 2.75. The molecule has 1 aromatic carbocycles. The highest BCUT2D eigenvalue weighted by Gasteiger charge is 2.27. The smallest absolute Gasteiger partial charge is 0.161 e. The van der Waals surface area contributed by atoms with Gasteiger partial charge in [-0.15, -0.1) is 0 Å². The number of aliphatic hydroxyl groups is 1. The first kappa shape index (κ1) is 15.6. The van der Waals surface area contributed by atoms with Crippen LogP contribution in [0.4, 0.5) is 0 Å². The van der Waals surface area contributed by atoms with Crippen LogP contribution in [0.1, 0.15) is 51.2 Å². The van der Waals surface area contributed by atoms with Gasteiger partial charge >= 0.3 is 0 Å². The number of piperidine rings is 1. The van der Waals surface area contributed by atoms with Crippen LogP contribution in [0.25, 0.3) is 0 Å². The highest BCUT2D eigenvalue weighted by molar-refractivity contribution is 5.44. The zero-order valence-electron chi connectivity index (χ0n) is 13.6. The molecular formula is C18H27NO3. The summed E-state index contributed by atoms with van der Waals surface area (Å²) in [6, 6.07) is 6.89. The molecule has 0 saturated carbocycles. The van der Waals surface area contributed by atoms with Gasteiger partial charge in [-0.1, -0.05) is 12.5 Å². The highest BCUT2D eigenvalue weighted by Crippen LogP contribution is 2.33. The summed E-state index contributed by atoms with van der Waals surface area (Å²) in [5.74, 6) is 1.54. The van der Waals surface area contributed by atoms with Crippen molar-refractivity contribution in [1.82, 2.24) is 4.90 Å². The quantitative estimate of drug-likeness (QED) is 0.931. The first-order valence-electron chi connectivity index (χ1n) is 8.48. The molecule has 0 amide bonds. The van der Waals surface area contributed by atoms with E-state index in [1.807, 2.05) is 18.2 Å². The van der Waals surface area contributed by atoms with E-state index < -0.39 is 6.10 Å². The summed E-state index contributed by atoms with van der Waals surface area (Å²) in [6.45, 7) is 6.57. The Morgan fingerprint density at radius 1 is 1.09 bits per heavy atom. The number of hydrogen-bond donors (Lipinski definition) is 1. The minimum absolute atomic E-state index is 0.486. The van der Waals surface area contributed by atoms with Crippen molar-refractivity contribution in [3.63, 3.8) is 0 Å². The minimum Gasteiger partial charge on any atom is -0.490 e. The summed E-state index contributed by atoms with van der Waals surface area (Å²) in [5, 5.41) is 10.6. The molecule has 3 rings (SSSR count). The van der Waals surface area contributed by atoms with E-state index in [1.165, 1.54) is 19.3 Å². The van der Waals surface area contributed by atoms with Crippen LogP contribution in [-0.2, 0) is 0 Å². The van der Waals surface area contributed by atoms with Crippen molar-refractivity contribution in [3.05, 3.63) is 23.8 Å². The minimum atomic E-state index is -0.486. The number of β-amino-alcohol motifs (C(OH)–C–C–N with tert-alkyl or cyclic N) is 1. The number of ether oxygens (including phenoxy) is 2. The normalized spacial score (nSPS) is 27.2. The van der Waals surface area contributed by atoms with E-state index >= 15 is 0 Å². The van der Waals surface area contributed by atoms with E-state index in [2.05, 4.69) is 18.7 Å². The molecule has 3 atom stereocenters. The fourth-order valence-electron chi connectivity index (χ4n) is 3.53. The summed E-state index contributed by atoms with van der Waals surface area (Å²) in [7, 11) is 0. The predicted molar refractivity (Wildman–Crippen MR) is 86.5 cm³/mol. The van der Waals surface area contributed by atoms with Gasteiger partial charge in [-0.2, -0.15) is 0 Å². The van der Waals surface area contributed by atoms with Crippen molar-refractivity contribution >= 4 is 0 Å². The average molecular weight is 305 g/mol. The van der Waals surface area contributed by atoms with Gasteiger partial charge in [-0.05, 0) is 44.4 Å². The van der Waals surface area contributed by atoms with Crippen LogP contribution in [0.3, 0.4) is 0 Å². The molecule has 22 heavy (non-hydrogen) atoms. The van der Waals surface area contributed by atoms with Crippen molar-refractivity contribution in [2.75, 3.05) is 19.8 Å². The predicted octanol–water partition coefficient (Wildman–Crippen LogP) is 3.14. The fourth-order valence-corrected chi connectivity index (χ4v) is 3.53. The SMILES string of the molecule is CC1CCCC(C)N1CC(O)c1ccc2c(c1)OCCCO2. The fraction of sp³-hybridized carbons (Fsp3) is 0.667. The molecule has 4 heteroatoms. The molecule has 1 fully saturated rings. The molecule has 1 N–H and O–H groups in total. The number of rotatable bonds is 3. The van der Waals surface area contributed by atoms with E-state index in [-0.39, 0.29) is 0 Å². The van der Waals surface area contributed by atoms with Crippen molar-refractivity contribution < 1.29 is 14.6 Å². The molecule has 3 unspecified atom stereocenters. The lowest BCUT2D eigenvalue weighted by molar-refractivity contribution is 0.0411. The second-order valence-electron chi connectivity index (χ2n) is 6.60. The Labute approximate surface area is 133 Å². The maximum Gasteiger partial charge on any atom is 0.161 e. The molecule has 0 bridgehead atoms. The number of fused-ring (bicyclic) bond motifs is 1. The Bertz CT molecular complexity index is 495. The number of hydrogen-bond acceptors (Lipinski definition) is 4. The molecule has 2 heterocycles. The molecule has 1 saturated heterocycles. The number of nitrogens with zero attached hydrogens (tertiary/aromatic N) is 1. The molecule has 0 aromatic heterocycles. The Morgan fingerprint density at radius 3 is 2.50 bits per heavy atom. The van der Waals surface area contributed by atoms with Gasteiger partial charge in [-0.25, -0.2) is 0 Å². The molecule has 4 nitrogen and oxygen atoms in total. The van der Waals surface area contributed by atoms with Gasteiger partial charge in [-0.3, -0.25) is 4.90 Å². The van der Waals surface area contributed by atoms with Crippen molar-refractivity contribution in [2.24, 2.45) is 0 Å². The monoisotopic (exact) mass is 305 g/mol. The van der Waals surface area contributed by atoms with Gasteiger partial charge in [0.05, 0.1) is 19.3 Å². The maximum absolute atomic E-state index is 10.6. The number of aliphatic hydroxyl groups excluding tert-OH is 1. The van der Waals surface area contributed by atoms with Gasteiger partial charge in [0, 0.05) is 25.0 Å². The zero-order valence-corrected chi connectivity index (χ0v) is 13.6. The van der Waals surface area contributed by atoms with Crippen LogP contribution in [0.15, 0.2) is 18.2 Å². The van der Waals surface area contributed by atoms with Crippen molar-refractivity contribution in [2.45, 2.75) is 57.7 Å². The Hall–Kier alpha value is -1.26. The largest absolute Gasteiger partial charge is 0.490 e. The molecule has 0 spiro atoms. The standard InChI is InChI=1S/C18H27NO3/c1-13-5-3-6-14(2)19(13)12-16(20)15-7-8-17-18(11-15)22-10-4-9-21-17/h7-8,11,13-14,16,20H,3-6,9-10,12H2,1-2H3. The van der Waals surface area contributed by atoms with Crippen LogP contribution in [-0.4, -0.2) is 41.8 Å². The van der Waals surface area contributed by atoms with E-state index in [1.54, 1.807) is 0 Å². The Morgan fingerprint density at radius 2 is 1.77 bits per heavy atom. The van der Waals surface area contributed by atoms with Gasteiger partial charge in [0.1, 0.15) is 0 Å². The third kappa shape index (κ3) is 3.39. The second kappa shape index (κ2) is 6.88. The highest BCUT2D eigenvalue weighted by atomic mass is 16.5. The summed E-state index contributed by atoms with van der Waals surface area (Å²) < 4.78 is 11.4.